The summed E-state index contributed by atoms with van der Waals surface area (Å²) in [5.41, 5.74) is 5.32. The maximum absolute atomic E-state index is 13.2. The number of nitrogens with two attached hydrogens (primary N) is 1. The number of amides is 2. The van der Waals surface area contributed by atoms with Gasteiger partial charge in [0.05, 0.1) is 5.56 Å². The van der Waals surface area contributed by atoms with Gasteiger partial charge in [0.1, 0.15) is 0 Å². The Morgan fingerprint density at radius 1 is 1.26 bits per heavy atom. The van der Waals surface area contributed by atoms with Crippen molar-refractivity contribution in [3.63, 3.8) is 0 Å². The van der Waals surface area contributed by atoms with Gasteiger partial charge in [0, 0.05) is 37.8 Å². The molecule has 5 nitrogen and oxygen atoms in total. The van der Waals surface area contributed by atoms with Gasteiger partial charge < -0.3 is 16.0 Å². The molecule has 1 aliphatic rings. The molecule has 0 aromatic heterocycles. The van der Waals surface area contributed by atoms with Crippen LogP contribution in [-0.2, 0) is 4.79 Å². The molecule has 1 aliphatic heterocycles. The molecular formula is C12H13F2N3O2. The number of benzene rings is 1. The Morgan fingerprint density at radius 2 is 1.95 bits per heavy atom. The van der Waals surface area contributed by atoms with E-state index in [1.165, 1.54) is 4.90 Å². The lowest BCUT2D eigenvalue weighted by Gasteiger charge is -2.20. The van der Waals surface area contributed by atoms with Gasteiger partial charge in [-0.25, -0.2) is 8.78 Å². The van der Waals surface area contributed by atoms with E-state index in [9.17, 15) is 18.4 Å². The third-order valence-corrected chi connectivity index (χ3v) is 2.92. The standard InChI is InChI=1S/C12H13F2N3O2/c13-8-5-7(10(15)6-9(8)14)12(19)17-3-1-11(18)16-2-4-17/h5-6H,1-4,15H2,(H,16,18). The molecule has 0 radical (unpaired) electrons. The summed E-state index contributed by atoms with van der Waals surface area (Å²) in [6, 6.07) is 1.57. The number of carbonyl (C=O) groups is 2. The van der Waals surface area contributed by atoms with Crippen LogP contribution in [0.15, 0.2) is 12.1 Å². The van der Waals surface area contributed by atoms with E-state index in [0.717, 1.165) is 12.1 Å². The Balaban J connectivity index is 2.24. The predicted octanol–water partition coefficient (Wildman–Crippen LogP) is 0.509. The van der Waals surface area contributed by atoms with Crippen molar-refractivity contribution in [3.05, 3.63) is 29.3 Å². The minimum absolute atomic E-state index is 0.0896. The zero-order valence-electron chi connectivity index (χ0n) is 10.1. The van der Waals surface area contributed by atoms with Crippen molar-refractivity contribution in [2.24, 2.45) is 0 Å². The fraction of sp³-hybridized carbons (Fsp3) is 0.333. The second kappa shape index (κ2) is 5.21. The summed E-state index contributed by atoms with van der Waals surface area (Å²) in [4.78, 5) is 24.7. The SMILES string of the molecule is Nc1cc(F)c(F)cc1C(=O)N1CCNC(=O)CC1. The summed E-state index contributed by atoms with van der Waals surface area (Å²) in [6.07, 6.45) is 0.176. The summed E-state index contributed by atoms with van der Waals surface area (Å²) in [5.74, 6) is -2.87. The van der Waals surface area contributed by atoms with Gasteiger partial charge in [-0.15, -0.1) is 0 Å². The fourth-order valence-electron chi connectivity index (χ4n) is 1.89. The third-order valence-electron chi connectivity index (χ3n) is 2.92. The number of carbonyl (C=O) groups excluding carboxylic acids is 2. The molecule has 19 heavy (non-hydrogen) atoms. The lowest BCUT2D eigenvalue weighted by molar-refractivity contribution is -0.120. The highest BCUT2D eigenvalue weighted by Crippen LogP contribution is 2.19. The van der Waals surface area contributed by atoms with E-state index in [0.29, 0.717) is 13.1 Å². The topological polar surface area (TPSA) is 75.4 Å². The molecule has 0 bridgehead atoms. The number of rotatable bonds is 1. The maximum atomic E-state index is 13.2. The summed E-state index contributed by atoms with van der Waals surface area (Å²) >= 11 is 0. The van der Waals surface area contributed by atoms with E-state index in [1.54, 1.807) is 0 Å². The van der Waals surface area contributed by atoms with Crippen LogP contribution in [0.5, 0.6) is 0 Å². The van der Waals surface area contributed by atoms with Crippen LogP contribution in [0.25, 0.3) is 0 Å². The minimum atomic E-state index is -1.12. The third kappa shape index (κ3) is 2.81. The minimum Gasteiger partial charge on any atom is -0.398 e. The van der Waals surface area contributed by atoms with E-state index in [1.807, 2.05) is 0 Å². The van der Waals surface area contributed by atoms with E-state index in [4.69, 9.17) is 5.73 Å². The molecule has 1 saturated heterocycles. The number of nitrogen functional groups attached to an aromatic ring is 1. The summed E-state index contributed by atoms with van der Waals surface area (Å²) in [7, 11) is 0. The average Bonchev–Trinajstić information content (AvgIpc) is 2.58. The van der Waals surface area contributed by atoms with Gasteiger partial charge in [-0.3, -0.25) is 9.59 Å². The van der Waals surface area contributed by atoms with Crippen LogP contribution in [0.2, 0.25) is 0 Å². The number of hydrogen-bond acceptors (Lipinski definition) is 3. The van der Waals surface area contributed by atoms with Crippen molar-refractivity contribution in [3.8, 4) is 0 Å². The van der Waals surface area contributed by atoms with Crippen LogP contribution in [0.3, 0.4) is 0 Å². The molecule has 2 amide bonds. The Labute approximate surface area is 108 Å². The molecule has 0 spiro atoms. The van der Waals surface area contributed by atoms with Gasteiger partial charge >= 0.3 is 0 Å². The van der Waals surface area contributed by atoms with Gasteiger partial charge in [-0.2, -0.15) is 0 Å². The van der Waals surface area contributed by atoms with Crippen molar-refractivity contribution < 1.29 is 18.4 Å². The van der Waals surface area contributed by atoms with Crippen molar-refractivity contribution in [1.29, 1.82) is 0 Å². The molecular weight excluding hydrogens is 256 g/mol. The highest BCUT2D eigenvalue weighted by molar-refractivity contribution is 5.99. The van der Waals surface area contributed by atoms with Gasteiger partial charge in [-0.1, -0.05) is 0 Å². The second-order valence-electron chi connectivity index (χ2n) is 4.25. The number of anilines is 1. The summed E-state index contributed by atoms with van der Waals surface area (Å²) < 4.78 is 26.1. The lowest BCUT2D eigenvalue weighted by Crippen LogP contribution is -2.34. The first-order valence-electron chi connectivity index (χ1n) is 5.79. The quantitative estimate of drug-likeness (QED) is 0.729. The van der Waals surface area contributed by atoms with E-state index in [-0.39, 0.29) is 30.1 Å². The fourth-order valence-corrected chi connectivity index (χ4v) is 1.89. The van der Waals surface area contributed by atoms with Crippen molar-refractivity contribution in [2.45, 2.75) is 6.42 Å². The molecule has 0 saturated carbocycles. The smallest absolute Gasteiger partial charge is 0.256 e. The zero-order chi connectivity index (χ0) is 14.0. The van der Waals surface area contributed by atoms with Crippen LogP contribution in [0, 0.1) is 11.6 Å². The summed E-state index contributed by atoms with van der Waals surface area (Å²) in [5, 5.41) is 2.62. The molecule has 1 heterocycles. The van der Waals surface area contributed by atoms with E-state index < -0.39 is 17.5 Å². The van der Waals surface area contributed by atoms with Crippen molar-refractivity contribution >= 4 is 17.5 Å². The highest BCUT2D eigenvalue weighted by atomic mass is 19.2. The molecule has 0 atom stereocenters. The second-order valence-corrected chi connectivity index (χ2v) is 4.25. The molecule has 0 aliphatic carbocycles. The highest BCUT2D eigenvalue weighted by Gasteiger charge is 2.22. The zero-order valence-corrected chi connectivity index (χ0v) is 10.1. The monoisotopic (exact) mass is 269 g/mol. The van der Waals surface area contributed by atoms with E-state index in [2.05, 4.69) is 5.32 Å². The van der Waals surface area contributed by atoms with Crippen LogP contribution in [0.1, 0.15) is 16.8 Å². The van der Waals surface area contributed by atoms with Crippen LogP contribution in [0.4, 0.5) is 14.5 Å². The lowest BCUT2D eigenvalue weighted by atomic mass is 10.1. The molecule has 1 aromatic rings. The number of hydrogen-bond donors (Lipinski definition) is 2. The molecule has 3 N–H and O–H groups in total. The average molecular weight is 269 g/mol. The number of halogens is 2. The van der Waals surface area contributed by atoms with Gasteiger partial charge in [0.15, 0.2) is 11.6 Å². The first kappa shape index (κ1) is 13.3. The normalized spacial score (nSPS) is 15.9. The first-order valence-corrected chi connectivity index (χ1v) is 5.79. The van der Waals surface area contributed by atoms with Gasteiger partial charge in [0.25, 0.3) is 5.91 Å². The molecule has 1 aromatic carbocycles. The maximum Gasteiger partial charge on any atom is 0.256 e. The van der Waals surface area contributed by atoms with E-state index >= 15 is 0 Å². The van der Waals surface area contributed by atoms with Gasteiger partial charge in [-0.05, 0) is 6.07 Å². The molecule has 7 heteroatoms. The molecule has 2 rings (SSSR count). The van der Waals surface area contributed by atoms with Crippen LogP contribution < -0.4 is 11.1 Å². The largest absolute Gasteiger partial charge is 0.398 e. The van der Waals surface area contributed by atoms with Crippen molar-refractivity contribution in [2.75, 3.05) is 25.4 Å². The molecule has 1 fully saturated rings. The van der Waals surface area contributed by atoms with Crippen LogP contribution >= 0.6 is 0 Å². The number of nitrogens with one attached hydrogen (secondary N) is 1. The number of nitrogens with zero attached hydrogens (tertiary/aromatic N) is 1. The Morgan fingerprint density at radius 3 is 2.68 bits per heavy atom. The Hall–Kier alpha value is -2.18. The molecule has 0 unspecified atom stereocenters. The van der Waals surface area contributed by atoms with Crippen LogP contribution in [-0.4, -0.2) is 36.3 Å². The predicted molar refractivity (Wildman–Crippen MR) is 64.3 cm³/mol. The summed E-state index contributed by atoms with van der Waals surface area (Å²) in [6.45, 7) is 0.861. The van der Waals surface area contributed by atoms with Gasteiger partial charge in [0.2, 0.25) is 5.91 Å². The Kier molecular flexibility index (Phi) is 3.64. The Bertz CT molecular complexity index is 534. The first-order chi connectivity index (χ1) is 8.99. The van der Waals surface area contributed by atoms with Crippen molar-refractivity contribution in [1.82, 2.24) is 10.2 Å². The molecule has 102 valence electrons.